The number of carbonyl (C=O) groups excluding carboxylic acids is 3. The maximum Gasteiger partial charge on any atom is 0.312 e. The van der Waals surface area contributed by atoms with Gasteiger partial charge in [-0.3, -0.25) is 24.4 Å². The van der Waals surface area contributed by atoms with Crippen molar-refractivity contribution in [3.63, 3.8) is 0 Å². The number of fused-ring (bicyclic) bond motifs is 1. The van der Waals surface area contributed by atoms with Crippen molar-refractivity contribution in [1.82, 2.24) is 4.90 Å². The van der Waals surface area contributed by atoms with Crippen LogP contribution in [-0.4, -0.2) is 106 Å². The van der Waals surface area contributed by atoms with Crippen LogP contribution in [0, 0.1) is 30.6 Å². The van der Waals surface area contributed by atoms with Gasteiger partial charge in [-0.25, -0.2) is 0 Å². The van der Waals surface area contributed by atoms with Crippen LogP contribution in [0.25, 0.3) is 10.8 Å². The van der Waals surface area contributed by atoms with Crippen molar-refractivity contribution in [2.75, 3.05) is 32.1 Å². The van der Waals surface area contributed by atoms with Crippen molar-refractivity contribution >= 4 is 34.1 Å². The number of esters is 1. The van der Waals surface area contributed by atoms with Crippen LogP contribution < -0.4 is 20.8 Å². The van der Waals surface area contributed by atoms with Crippen LogP contribution in [0.15, 0.2) is 46.1 Å². The van der Waals surface area contributed by atoms with E-state index in [1.807, 2.05) is 0 Å². The summed E-state index contributed by atoms with van der Waals surface area (Å²) in [7, 11) is 1.47. The number of benzene rings is 2. The van der Waals surface area contributed by atoms with Crippen LogP contribution in [0.5, 0.6) is 17.2 Å². The molecule has 4 bridgehead atoms. The number of phenols is 2. The number of ketones is 1. The highest BCUT2D eigenvalue weighted by Crippen LogP contribution is 2.50. The molecule has 0 saturated carbocycles. The van der Waals surface area contributed by atoms with Gasteiger partial charge in [-0.2, -0.15) is 0 Å². The van der Waals surface area contributed by atoms with Gasteiger partial charge >= 0.3 is 11.8 Å². The Hall–Kier alpha value is -4.83. The Morgan fingerprint density at radius 2 is 1.63 bits per heavy atom. The summed E-state index contributed by atoms with van der Waals surface area (Å²) >= 11 is 0. The van der Waals surface area contributed by atoms with E-state index in [0.717, 1.165) is 6.54 Å². The number of rotatable bonds is 3. The van der Waals surface area contributed by atoms with Crippen molar-refractivity contribution in [3.05, 3.63) is 58.0 Å². The highest BCUT2D eigenvalue weighted by atomic mass is 16.7. The summed E-state index contributed by atoms with van der Waals surface area (Å²) in [6.45, 7) is 17.2. The SMILES string of the molecule is CCN1CCC2(CC1)N=c1c3c(O)c4c(O)c(C)c5c(c4c1=N2)C(=O)[C@@](C)(O/C=C/[C@H](OC)[C@@H](C)[C@@H](OC(C)=O)[C@H](C)[C@H](O)[C@H](C)[C@@H](O)[C@@H](C)/C=C/C=C(/C)C(=O)N3)O5. The van der Waals surface area contributed by atoms with Gasteiger partial charge in [-0.1, -0.05) is 52.8 Å². The first-order valence-electron chi connectivity index (χ1n) is 20.4. The average molecular weight is 819 g/mol. The number of allylic oxidation sites excluding steroid dienone is 2. The molecule has 5 N–H and O–H groups in total. The molecule has 15 nitrogen and oxygen atoms in total. The second kappa shape index (κ2) is 16.7. The van der Waals surface area contributed by atoms with Crippen LogP contribution in [-0.2, 0) is 23.8 Å². The van der Waals surface area contributed by atoms with E-state index in [-0.39, 0.29) is 55.4 Å². The van der Waals surface area contributed by atoms with Gasteiger partial charge in [0.1, 0.15) is 28.6 Å². The topological polar surface area (TPSA) is 209 Å². The van der Waals surface area contributed by atoms with Crippen molar-refractivity contribution in [2.45, 2.75) is 111 Å². The smallest absolute Gasteiger partial charge is 0.312 e. The number of likely N-dealkylation sites (tertiary alicyclic amines) is 1. The summed E-state index contributed by atoms with van der Waals surface area (Å²) in [5.74, 6) is -6.90. The minimum absolute atomic E-state index is 0.0353. The van der Waals surface area contributed by atoms with Gasteiger partial charge in [0.15, 0.2) is 11.4 Å². The number of amides is 1. The van der Waals surface area contributed by atoms with Crippen molar-refractivity contribution in [1.29, 1.82) is 0 Å². The minimum Gasteiger partial charge on any atom is -0.507 e. The van der Waals surface area contributed by atoms with E-state index >= 15 is 0 Å². The normalized spacial score (nSPS) is 33.3. The Morgan fingerprint density at radius 3 is 2.25 bits per heavy atom. The van der Waals surface area contributed by atoms with Crippen molar-refractivity contribution in [3.8, 4) is 17.2 Å². The van der Waals surface area contributed by atoms with Gasteiger partial charge in [0.05, 0.1) is 40.9 Å². The number of hydrogen-bond donors (Lipinski definition) is 5. The predicted octanol–water partition coefficient (Wildman–Crippen LogP) is 4.11. The van der Waals surface area contributed by atoms with Crippen LogP contribution in [0.4, 0.5) is 5.69 Å². The summed E-state index contributed by atoms with van der Waals surface area (Å²) in [5, 5.41) is 50.0. The molecule has 1 amide bonds. The summed E-state index contributed by atoms with van der Waals surface area (Å²) in [4.78, 5) is 53.4. The lowest BCUT2D eigenvalue weighted by molar-refractivity contribution is -0.160. The zero-order chi connectivity index (χ0) is 43.3. The second-order valence-electron chi connectivity index (χ2n) is 16.7. The summed E-state index contributed by atoms with van der Waals surface area (Å²) in [6.07, 6.45) is 5.03. The van der Waals surface area contributed by atoms with E-state index in [1.165, 1.54) is 27.2 Å². The predicted molar refractivity (Wildman–Crippen MR) is 219 cm³/mol. The number of ether oxygens (including phenoxy) is 4. The molecular formula is C44H58N4O11. The van der Waals surface area contributed by atoms with Crippen LogP contribution in [0.1, 0.15) is 84.2 Å². The van der Waals surface area contributed by atoms with Gasteiger partial charge < -0.3 is 49.6 Å². The Bertz CT molecular complexity index is 2240. The van der Waals surface area contributed by atoms with E-state index < -0.39 is 82.9 Å². The van der Waals surface area contributed by atoms with E-state index in [4.69, 9.17) is 28.9 Å². The number of nitrogens with zero attached hydrogens (tertiary/aromatic N) is 3. The zero-order valence-electron chi connectivity index (χ0n) is 35.5. The van der Waals surface area contributed by atoms with Gasteiger partial charge in [0.2, 0.25) is 0 Å². The van der Waals surface area contributed by atoms with E-state index in [0.29, 0.717) is 25.9 Å². The molecule has 0 unspecified atom stereocenters. The van der Waals surface area contributed by atoms with Gasteiger partial charge in [0.25, 0.3) is 11.7 Å². The largest absolute Gasteiger partial charge is 0.507 e. The van der Waals surface area contributed by atoms with Gasteiger partial charge in [-0.05, 0) is 26.5 Å². The van der Waals surface area contributed by atoms with Gasteiger partial charge in [-0.15, -0.1) is 0 Å². The number of nitrogens with one attached hydrogen (secondary N) is 1. The van der Waals surface area contributed by atoms with E-state index in [1.54, 1.807) is 65.8 Å². The first-order chi connectivity index (χ1) is 27.8. The number of methoxy groups -OCH3 is 1. The number of aliphatic hydroxyl groups excluding tert-OH is 2. The lowest BCUT2D eigenvalue weighted by atomic mass is 9.78. The maximum absolute atomic E-state index is 14.7. The molecule has 59 heavy (non-hydrogen) atoms. The third-order valence-electron chi connectivity index (χ3n) is 12.7. The second-order valence-corrected chi connectivity index (χ2v) is 16.7. The highest BCUT2D eigenvalue weighted by molar-refractivity contribution is 6.19. The molecule has 15 heteroatoms. The molecule has 1 saturated heterocycles. The van der Waals surface area contributed by atoms with Crippen molar-refractivity contribution < 1.29 is 53.8 Å². The Morgan fingerprint density at radius 1 is 0.966 bits per heavy atom. The number of Topliss-reactive ketones (excluding diaryl/α,β-unsaturated/α-hetero) is 1. The minimum atomic E-state index is -1.95. The Kier molecular flexibility index (Phi) is 12.4. The number of anilines is 1. The fraction of sp³-hybridized carbons (Fsp3) is 0.568. The van der Waals surface area contributed by atoms with Crippen molar-refractivity contribution in [2.24, 2.45) is 33.7 Å². The molecule has 4 aliphatic rings. The molecule has 4 heterocycles. The first-order valence-corrected chi connectivity index (χ1v) is 20.4. The van der Waals surface area contributed by atoms with E-state index in [2.05, 4.69) is 17.1 Å². The molecule has 2 aromatic rings. The Balaban J connectivity index is 1.55. The monoisotopic (exact) mass is 818 g/mol. The standard InChI is InChI=1S/C44H58N4O11/c1-11-48-18-16-44(17-19-48)46-32-29-30-37(52)26(7)40-31(29)41(54)43(9,59-40)57-20-15-28(56-10)23(4)39(58-27(8)49)25(6)36(51)24(5)35(50)21(2)13-12-14-22(3)42(55)45-34(38(30)53)33(32)47-44/h12-15,20-21,23-25,28,35-36,39,50-53H,11,16-19H2,1-10H3,(H,45,55)/b13-12+,20-15+,22-14-/t21-,23+,24+,25+,28-,35-,36+,39+,43-/m0/s1. The first kappa shape index (κ1) is 43.7. The van der Waals surface area contributed by atoms with Crippen LogP contribution in [0.3, 0.4) is 0 Å². The molecule has 2 aromatic carbocycles. The highest BCUT2D eigenvalue weighted by Gasteiger charge is 2.50. The van der Waals surface area contributed by atoms with Crippen LogP contribution in [0.2, 0.25) is 0 Å². The number of aliphatic hydroxyl groups is 2. The third-order valence-corrected chi connectivity index (χ3v) is 12.7. The number of piperidine rings is 1. The summed E-state index contributed by atoms with van der Waals surface area (Å²) in [6, 6.07) is 0. The molecule has 1 fully saturated rings. The van der Waals surface area contributed by atoms with E-state index in [9.17, 15) is 34.8 Å². The Labute approximate surface area is 344 Å². The molecule has 4 aliphatic heterocycles. The van der Waals surface area contributed by atoms with Crippen LogP contribution >= 0.6 is 0 Å². The molecule has 0 aromatic heterocycles. The number of hydrogen-bond acceptors (Lipinski definition) is 14. The molecule has 0 radical (unpaired) electrons. The fourth-order valence-electron chi connectivity index (χ4n) is 8.82. The molecule has 6 rings (SSSR count). The molecule has 9 atom stereocenters. The van der Waals surface area contributed by atoms with Gasteiger partial charge in [0, 0.05) is 87.1 Å². The summed E-state index contributed by atoms with van der Waals surface area (Å²) < 4.78 is 23.9. The lowest BCUT2D eigenvalue weighted by Crippen LogP contribution is -2.46. The fourth-order valence-corrected chi connectivity index (χ4v) is 8.82. The molecule has 1 spiro atoms. The molecule has 320 valence electrons. The number of phenolic OH excluding ortho intramolecular Hbond substituents is 2. The average Bonchev–Trinajstić information content (AvgIpc) is 3.70. The number of aromatic hydroxyl groups is 2. The number of carbonyl (C=O) groups is 3. The third kappa shape index (κ3) is 7.85. The molecule has 0 aliphatic carbocycles. The lowest BCUT2D eigenvalue weighted by Gasteiger charge is -2.38. The maximum atomic E-state index is 14.7. The summed E-state index contributed by atoms with van der Waals surface area (Å²) in [5.41, 5.74) is -0.564. The zero-order valence-corrected chi connectivity index (χ0v) is 35.5. The quantitative estimate of drug-likeness (QED) is 0.219. The molecular weight excluding hydrogens is 761 g/mol.